The molecule has 1 atom stereocenters. The molecule has 2 heteroatoms. The summed E-state index contributed by atoms with van der Waals surface area (Å²) in [5.41, 5.74) is 0. The van der Waals surface area contributed by atoms with Gasteiger partial charge in [0.1, 0.15) is 0 Å². The Bertz CT molecular complexity index is 110. The molecule has 2 nitrogen and oxygen atoms in total. The standard InChI is InChI=1S/C9H18O2/c1-3-4-5-6-7-8(2)9(10)11/h8H,3-7H2,1-2H3,(H,10,11)/p-1. The van der Waals surface area contributed by atoms with E-state index in [1.54, 1.807) is 6.92 Å². The summed E-state index contributed by atoms with van der Waals surface area (Å²) >= 11 is 0. The van der Waals surface area contributed by atoms with Crippen molar-refractivity contribution < 1.29 is 9.90 Å². The normalized spacial score (nSPS) is 12.9. The molecule has 1 unspecified atom stereocenters. The third kappa shape index (κ3) is 5.89. The Hall–Kier alpha value is -0.530. The molecule has 0 aliphatic rings. The van der Waals surface area contributed by atoms with Gasteiger partial charge < -0.3 is 9.90 Å². The van der Waals surface area contributed by atoms with Crippen LogP contribution in [0, 0.1) is 5.92 Å². The maximum Gasteiger partial charge on any atom is 0.0442 e. The second-order valence-corrected chi connectivity index (χ2v) is 3.07. The smallest absolute Gasteiger partial charge is 0.0442 e. The van der Waals surface area contributed by atoms with E-state index >= 15 is 0 Å². The van der Waals surface area contributed by atoms with Crippen LogP contribution in [-0.2, 0) is 4.79 Å². The lowest BCUT2D eigenvalue weighted by Gasteiger charge is -2.11. The Kier molecular flexibility index (Phi) is 5.90. The molecular weight excluding hydrogens is 140 g/mol. The van der Waals surface area contributed by atoms with E-state index < -0.39 is 5.97 Å². The maximum atomic E-state index is 10.3. The first-order chi connectivity index (χ1) is 5.18. The Labute approximate surface area is 68.6 Å². The minimum absolute atomic E-state index is 0.271. The first-order valence-electron chi connectivity index (χ1n) is 4.39. The highest BCUT2D eigenvalue weighted by Gasteiger charge is 2.00. The quantitative estimate of drug-likeness (QED) is 0.546. The van der Waals surface area contributed by atoms with Gasteiger partial charge in [-0.2, -0.15) is 0 Å². The molecular formula is C9H17O2-. The van der Waals surface area contributed by atoms with Gasteiger partial charge >= 0.3 is 0 Å². The molecule has 0 amide bonds. The van der Waals surface area contributed by atoms with Gasteiger partial charge in [-0.25, -0.2) is 0 Å². The Balaban J connectivity index is 3.17. The molecule has 0 aromatic carbocycles. The average molecular weight is 157 g/mol. The third-order valence-electron chi connectivity index (χ3n) is 1.89. The molecule has 0 rings (SSSR count). The zero-order valence-electron chi connectivity index (χ0n) is 7.43. The van der Waals surface area contributed by atoms with Crippen molar-refractivity contribution in [3.05, 3.63) is 0 Å². The van der Waals surface area contributed by atoms with E-state index in [1.165, 1.54) is 12.8 Å². The molecule has 0 bridgehead atoms. The molecule has 0 aromatic heterocycles. The van der Waals surface area contributed by atoms with Crippen LogP contribution in [0.15, 0.2) is 0 Å². The molecule has 0 aromatic rings. The van der Waals surface area contributed by atoms with Crippen LogP contribution in [0.4, 0.5) is 0 Å². The lowest BCUT2D eigenvalue weighted by Crippen LogP contribution is -2.29. The Morgan fingerprint density at radius 3 is 2.45 bits per heavy atom. The minimum atomic E-state index is -0.915. The first kappa shape index (κ1) is 10.5. The van der Waals surface area contributed by atoms with Crippen LogP contribution in [0.2, 0.25) is 0 Å². The number of hydrogen-bond donors (Lipinski definition) is 0. The molecule has 0 aliphatic heterocycles. The van der Waals surface area contributed by atoms with Crippen LogP contribution in [-0.4, -0.2) is 5.97 Å². The van der Waals surface area contributed by atoms with Gasteiger partial charge in [-0.15, -0.1) is 0 Å². The average Bonchev–Trinajstić information content (AvgIpc) is 1.97. The zero-order valence-corrected chi connectivity index (χ0v) is 7.43. The van der Waals surface area contributed by atoms with E-state index in [-0.39, 0.29) is 5.92 Å². The molecule has 11 heavy (non-hydrogen) atoms. The van der Waals surface area contributed by atoms with Crippen LogP contribution >= 0.6 is 0 Å². The predicted molar refractivity (Wildman–Crippen MR) is 42.9 cm³/mol. The largest absolute Gasteiger partial charge is 0.550 e. The summed E-state index contributed by atoms with van der Waals surface area (Å²) in [5, 5.41) is 10.3. The highest BCUT2D eigenvalue weighted by molar-refractivity contribution is 5.66. The van der Waals surface area contributed by atoms with Crippen molar-refractivity contribution in [2.75, 3.05) is 0 Å². The number of aliphatic carboxylic acids is 1. The summed E-state index contributed by atoms with van der Waals surface area (Å²) in [6.07, 6.45) is 5.33. The summed E-state index contributed by atoms with van der Waals surface area (Å²) < 4.78 is 0. The number of carbonyl (C=O) groups is 1. The second-order valence-electron chi connectivity index (χ2n) is 3.07. The van der Waals surface area contributed by atoms with Crippen molar-refractivity contribution in [2.24, 2.45) is 5.92 Å². The van der Waals surface area contributed by atoms with Crippen molar-refractivity contribution in [1.82, 2.24) is 0 Å². The molecule has 0 heterocycles. The minimum Gasteiger partial charge on any atom is -0.550 e. The summed E-state index contributed by atoms with van der Waals surface area (Å²) in [5.74, 6) is -1.19. The molecule has 0 aliphatic carbocycles. The van der Waals surface area contributed by atoms with Crippen molar-refractivity contribution in [1.29, 1.82) is 0 Å². The van der Waals surface area contributed by atoms with Crippen molar-refractivity contribution in [2.45, 2.75) is 46.0 Å². The van der Waals surface area contributed by atoms with Crippen molar-refractivity contribution >= 4 is 5.97 Å². The van der Waals surface area contributed by atoms with E-state index in [1.807, 2.05) is 0 Å². The fourth-order valence-electron chi connectivity index (χ4n) is 0.995. The van der Waals surface area contributed by atoms with E-state index in [0.29, 0.717) is 0 Å². The van der Waals surface area contributed by atoms with Gasteiger partial charge in [0.25, 0.3) is 0 Å². The zero-order chi connectivity index (χ0) is 8.69. The summed E-state index contributed by atoms with van der Waals surface area (Å²) in [6.45, 7) is 3.85. The molecule has 0 N–H and O–H groups in total. The summed E-state index contributed by atoms with van der Waals surface area (Å²) in [6, 6.07) is 0. The third-order valence-corrected chi connectivity index (χ3v) is 1.89. The van der Waals surface area contributed by atoms with Crippen LogP contribution in [0.3, 0.4) is 0 Å². The summed E-state index contributed by atoms with van der Waals surface area (Å²) in [4.78, 5) is 10.3. The van der Waals surface area contributed by atoms with E-state index in [9.17, 15) is 9.90 Å². The lowest BCUT2D eigenvalue weighted by molar-refractivity contribution is -0.311. The van der Waals surface area contributed by atoms with Gasteiger partial charge in [-0.1, -0.05) is 39.5 Å². The number of hydrogen-bond acceptors (Lipinski definition) is 2. The van der Waals surface area contributed by atoms with E-state index in [0.717, 1.165) is 19.3 Å². The second kappa shape index (κ2) is 6.20. The van der Waals surface area contributed by atoms with Crippen molar-refractivity contribution in [3.63, 3.8) is 0 Å². The molecule has 0 fully saturated rings. The topological polar surface area (TPSA) is 40.1 Å². The number of unbranched alkanes of at least 4 members (excludes halogenated alkanes) is 3. The number of carboxylic acid groups (broad SMARTS) is 1. The van der Waals surface area contributed by atoms with Gasteiger partial charge in [0.15, 0.2) is 0 Å². The number of carbonyl (C=O) groups excluding carboxylic acids is 1. The van der Waals surface area contributed by atoms with Crippen LogP contribution in [0.25, 0.3) is 0 Å². The monoisotopic (exact) mass is 157 g/mol. The van der Waals surface area contributed by atoms with Crippen LogP contribution in [0.1, 0.15) is 46.0 Å². The lowest BCUT2D eigenvalue weighted by atomic mass is 10.0. The molecule has 66 valence electrons. The highest BCUT2D eigenvalue weighted by atomic mass is 16.4. The first-order valence-corrected chi connectivity index (χ1v) is 4.39. The molecule has 0 radical (unpaired) electrons. The summed E-state index contributed by atoms with van der Waals surface area (Å²) in [7, 11) is 0. The van der Waals surface area contributed by atoms with Gasteiger partial charge in [0.2, 0.25) is 0 Å². The fourth-order valence-corrected chi connectivity index (χ4v) is 0.995. The predicted octanol–water partition coefficient (Wildman–Crippen LogP) is 1.34. The van der Waals surface area contributed by atoms with Gasteiger partial charge in [0, 0.05) is 5.97 Å². The molecule has 0 saturated carbocycles. The van der Waals surface area contributed by atoms with Gasteiger partial charge in [-0.3, -0.25) is 0 Å². The molecule has 0 saturated heterocycles. The van der Waals surface area contributed by atoms with Crippen LogP contribution < -0.4 is 5.11 Å². The Morgan fingerprint density at radius 1 is 1.36 bits per heavy atom. The van der Waals surface area contributed by atoms with Crippen molar-refractivity contribution in [3.8, 4) is 0 Å². The van der Waals surface area contributed by atoms with E-state index in [2.05, 4.69) is 6.92 Å². The van der Waals surface area contributed by atoms with Gasteiger partial charge in [0.05, 0.1) is 0 Å². The SMILES string of the molecule is CCCCCCC(C)C(=O)[O-]. The highest BCUT2D eigenvalue weighted by Crippen LogP contribution is 2.09. The van der Waals surface area contributed by atoms with E-state index in [4.69, 9.17) is 0 Å². The fraction of sp³-hybridized carbons (Fsp3) is 0.889. The number of rotatable bonds is 6. The number of carboxylic acids is 1. The molecule has 0 spiro atoms. The van der Waals surface area contributed by atoms with Gasteiger partial charge in [-0.05, 0) is 12.3 Å². The Morgan fingerprint density at radius 2 is 2.00 bits per heavy atom. The maximum absolute atomic E-state index is 10.3. The van der Waals surface area contributed by atoms with Crippen LogP contribution in [0.5, 0.6) is 0 Å².